The molecule has 1 aromatic carbocycles. The van der Waals surface area contributed by atoms with Crippen molar-refractivity contribution in [2.45, 2.75) is 38.6 Å². The van der Waals surface area contributed by atoms with Crippen LogP contribution in [0, 0.1) is 6.92 Å². The van der Waals surface area contributed by atoms with Gasteiger partial charge in [-0.15, -0.1) is 0 Å². The van der Waals surface area contributed by atoms with E-state index in [2.05, 4.69) is 0 Å². The molecule has 0 unspecified atom stereocenters. The highest BCUT2D eigenvalue weighted by Gasteiger charge is 2.27. The molecule has 1 aliphatic rings. The zero-order chi connectivity index (χ0) is 13.0. The fraction of sp³-hybridized carbons (Fsp3) is 0.533. The molecule has 0 aliphatic heterocycles. The van der Waals surface area contributed by atoms with Crippen molar-refractivity contribution in [2.24, 2.45) is 0 Å². The molecule has 0 spiro atoms. The maximum Gasteiger partial charge on any atom is 0.254 e. The van der Waals surface area contributed by atoms with Crippen LogP contribution in [0.2, 0.25) is 0 Å². The third-order valence-electron chi connectivity index (χ3n) is 3.74. The molecule has 1 saturated carbocycles. The van der Waals surface area contributed by atoms with E-state index in [0.29, 0.717) is 12.6 Å². The summed E-state index contributed by atoms with van der Waals surface area (Å²) in [6.45, 7) is 2.44. The first-order valence-electron chi connectivity index (χ1n) is 6.71. The Morgan fingerprint density at radius 3 is 2.61 bits per heavy atom. The number of rotatable bonds is 4. The van der Waals surface area contributed by atoms with Gasteiger partial charge in [-0.2, -0.15) is 0 Å². The molecule has 0 atom stereocenters. The number of aryl methyl sites for hydroxylation is 1. The average Bonchev–Trinajstić information content (AvgIpc) is 2.89. The third-order valence-corrected chi connectivity index (χ3v) is 3.74. The van der Waals surface area contributed by atoms with E-state index in [4.69, 9.17) is 5.11 Å². The smallest absolute Gasteiger partial charge is 0.254 e. The molecular formula is C15H21NO2. The quantitative estimate of drug-likeness (QED) is 0.887. The molecule has 1 fully saturated rings. The second-order valence-electron chi connectivity index (χ2n) is 4.98. The largest absolute Gasteiger partial charge is 0.395 e. The summed E-state index contributed by atoms with van der Waals surface area (Å²) >= 11 is 0. The van der Waals surface area contributed by atoms with Gasteiger partial charge in [0.15, 0.2) is 0 Å². The number of carbonyl (C=O) groups is 1. The Morgan fingerprint density at radius 1 is 1.33 bits per heavy atom. The normalized spacial score (nSPS) is 15.9. The molecule has 1 aromatic rings. The number of carbonyl (C=O) groups excluding carboxylic acids is 1. The Balaban J connectivity index is 2.20. The minimum atomic E-state index is 0.0358. The highest BCUT2D eigenvalue weighted by molar-refractivity contribution is 5.95. The molecule has 3 heteroatoms. The maximum atomic E-state index is 12.6. The molecule has 0 bridgehead atoms. The lowest BCUT2D eigenvalue weighted by Gasteiger charge is -2.29. The first-order valence-corrected chi connectivity index (χ1v) is 6.71. The first kappa shape index (κ1) is 13.1. The van der Waals surface area contributed by atoms with Gasteiger partial charge in [0.25, 0.3) is 5.91 Å². The van der Waals surface area contributed by atoms with Crippen molar-refractivity contribution in [3.8, 4) is 0 Å². The van der Waals surface area contributed by atoms with Crippen molar-refractivity contribution in [1.29, 1.82) is 0 Å². The molecule has 98 valence electrons. The van der Waals surface area contributed by atoms with Gasteiger partial charge in [0.05, 0.1) is 6.61 Å². The minimum absolute atomic E-state index is 0.0358. The topological polar surface area (TPSA) is 40.5 Å². The second kappa shape index (κ2) is 6.01. The predicted molar refractivity (Wildman–Crippen MR) is 71.6 cm³/mol. The first-order chi connectivity index (χ1) is 8.74. The number of aliphatic hydroxyl groups excluding tert-OH is 1. The van der Waals surface area contributed by atoms with Gasteiger partial charge in [-0.25, -0.2) is 0 Å². The van der Waals surface area contributed by atoms with Gasteiger partial charge in [0.1, 0.15) is 0 Å². The Hall–Kier alpha value is -1.35. The van der Waals surface area contributed by atoms with Gasteiger partial charge >= 0.3 is 0 Å². The van der Waals surface area contributed by atoms with Crippen molar-refractivity contribution < 1.29 is 9.90 Å². The number of aliphatic hydroxyl groups is 1. The van der Waals surface area contributed by atoms with E-state index in [1.807, 2.05) is 36.1 Å². The SMILES string of the molecule is Cc1ccccc1C(=O)N(CCO)C1CCCC1. The van der Waals surface area contributed by atoms with Gasteiger partial charge in [0, 0.05) is 18.2 Å². The molecule has 18 heavy (non-hydrogen) atoms. The maximum absolute atomic E-state index is 12.6. The van der Waals surface area contributed by atoms with E-state index in [1.54, 1.807) is 0 Å². The Kier molecular flexibility index (Phi) is 4.37. The minimum Gasteiger partial charge on any atom is -0.395 e. The van der Waals surface area contributed by atoms with Gasteiger partial charge < -0.3 is 10.0 Å². The molecular weight excluding hydrogens is 226 g/mol. The van der Waals surface area contributed by atoms with E-state index in [0.717, 1.165) is 24.0 Å². The van der Waals surface area contributed by atoms with Crippen LogP contribution in [0.15, 0.2) is 24.3 Å². The Labute approximate surface area is 108 Å². The Morgan fingerprint density at radius 2 is 2.00 bits per heavy atom. The fourth-order valence-corrected chi connectivity index (χ4v) is 2.74. The van der Waals surface area contributed by atoms with Gasteiger partial charge in [-0.3, -0.25) is 4.79 Å². The lowest BCUT2D eigenvalue weighted by atomic mass is 10.1. The molecule has 1 aliphatic carbocycles. The number of benzene rings is 1. The van der Waals surface area contributed by atoms with E-state index in [1.165, 1.54) is 12.8 Å². The predicted octanol–water partition coefficient (Wildman–Crippen LogP) is 2.37. The third kappa shape index (κ3) is 2.72. The van der Waals surface area contributed by atoms with Crippen molar-refractivity contribution >= 4 is 5.91 Å². The molecule has 0 radical (unpaired) electrons. The van der Waals surface area contributed by atoms with E-state index in [9.17, 15) is 4.79 Å². The van der Waals surface area contributed by atoms with Gasteiger partial charge in [-0.1, -0.05) is 31.0 Å². The molecule has 0 aromatic heterocycles. The summed E-state index contributed by atoms with van der Waals surface area (Å²) in [4.78, 5) is 14.4. The standard InChI is InChI=1S/C15H21NO2/c1-12-6-2-5-9-14(12)15(18)16(10-11-17)13-7-3-4-8-13/h2,5-6,9,13,17H,3-4,7-8,10-11H2,1H3. The van der Waals surface area contributed by atoms with Crippen molar-refractivity contribution in [3.63, 3.8) is 0 Å². The molecule has 1 amide bonds. The molecule has 3 nitrogen and oxygen atoms in total. The summed E-state index contributed by atoms with van der Waals surface area (Å²) in [6, 6.07) is 7.98. The van der Waals surface area contributed by atoms with Crippen molar-refractivity contribution in [1.82, 2.24) is 4.90 Å². The van der Waals surface area contributed by atoms with Crippen LogP contribution in [0.4, 0.5) is 0 Å². The van der Waals surface area contributed by atoms with Crippen LogP contribution in [-0.2, 0) is 0 Å². The Bertz CT molecular complexity index is 411. The number of nitrogens with zero attached hydrogens (tertiary/aromatic N) is 1. The average molecular weight is 247 g/mol. The van der Waals surface area contributed by atoms with Crippen molar-refractivity contribution in [2.75, 3.05) is 13.2 Å². The fourth-order valence-electron chi connectivity index (χ4n) is 2.74. The van der Waals surface area contributed by atoms with Gasteiger partial charge in [0.2, 0.25) is 0 Å². The summed E-state index contributed by atoms with van der Waals surface area (Å²) in [5, 5.41) is 9.17. The van der Waals surface area contributed by atoms with Crippen molar-refractivity contribution in [3.05, 3.63) is 35.4 Å². The summed E-state index contributed by atoms with van der Waals surface area (Å²) in [5.74, 6) is 0.0639. The molecule has 0 saturated heterocycles. The van der Waals surface area contributed by atoms with Crippen LogP contribution in [0.1, 0.15) is 41.6 Å². The molecule has 0 heterocycles. The lowest BCUT2D eigenvalue weighted by molar-refractivity contribution is 0.0637. The number of amides is 1. The zero-order valence-electron chi connectivity index (χ0n) is 10.9. The van der Waals surface area contributed by atoms with Crippen LogP contribution in [-0.4, -0.2) is 35.1 Å². The van der Waals surface area contributed by atoms with E-state index in [-0.39, 0.29) is 12.5 Å². The van der Waals surface area contributed by atoms with Crippen LogP contribution in [0.3, 0.4) is 0 Å². The van der Waals surface area contributed by atoms with Crippen LogP contribution in [0.5, 0.6) is 0 Å². The zero-order valence-corrected chi connectivity index (χ0v) is 10.9. The van der Waals surface area contributed by atoms with E-state index < -0.39 is 0 Å². The van der Waals surface area contributed by atoms with E-state index >= 15 is 0 Å². The summed E-state index contributed by atoms with van der Waals surface area (Å²) in [7, 11) is 0. The summed E-state index contributed by atoms with van der Waals surface area (Å²) in [6.07, 6.45) is 4.51. The van der Waals surface area contributed by atoms with Crippen LogP contribution in [0.25, 0.3) is 0 Å². The van der Waals surface area contributed by atoms with Crippen LogP contribution >= 0.6 is 0 Å². The highest BCUT2D eigenvalue weighted by Crippen LogP contribution is 2.25. The monoisotopic (exact) mass is 247 g/mol. The second-order valence-corrected chi connectivity index (χ2v) is 4.98. The number of hydrogen-bond donors (Lipinski definition) is 1. The summed E-state index contributed by atoms with van der Waals surface area (Å²) in [5.41, 5.74) is 1.77. The molecule has 2 rings (SSSR count). The molecule has 1 N–H and O–H groups in total. The summed E-state index contributed by atoms with van der Waals surface area (Å²) < 4.78 is 0. The lowest BCUT2D eigenvalue weighted by Crippen LogP contribution is -2.41. The van der Waals surface area contributed by atoms with Crippen LogP contribution < -0.4 is 0 Å². The van der Waals surface area contributed by atoms with Gasteiger partial charge in [-0.05, 0) is 31.4 Å². The number of hydrogen-bond acceptors (Lipinski definition) is 2. The highest BCUT2D eigenvalue weighted by atomic mass is 16.3.